The molecular weight excluding hydrogens is 330 g/mol. The first-order valence-electron chi connectivity index (χ1n) is 7.10. The van der Waals surface area contributed by atoms with Gasteiger partial charge in [-0.25, -0.2) is 14.4 Å². The molecule has 0 aromatic heterocycles. The van der Waals surface area contributed by atoms with Gasteiger partial charge in [0.1, 0.15) is 19.8 Å². The molecule has 0 aliphatic rings. The monoisotopic (exact) mass is 351 g/mol. The normalized spacial score (nSPS) is 9.92. The summed E-state index contributed by atoms with van der Waals surface area (Å²) in [6, 6.07) is 0. The highest BCUT2D eigenvalue weighted by atomic mass is 16.6. The smallest absolute Gasteiger partial charge is 0.330 e. The summed E-state index contributed by atoms with van der Waals surface area (Å²) in [5, 5.41) is 2.49. The molecule has 0 bridgehead atoms. The summed E-state index contributed by atoms with van der Waals surface area (Å²) in [7, 11) is 0. The quantitative estimate of drug-likeness (QED) is 0.309. The minimum Gasteiger partial charge on any atom is -0.462 e. The highest BCUT2D eigenvalue weighted by Crippen LogP contribution is 2.20. The molecule has 0 heterocycles. The van der Waals surface area contributed by atoms with Crippen molar-refractivity contribution in [1.82, 2.24) is 5.32 Å². The first kappa shape index (κ1) is 21.8. The number of hydrogen-bond acceptors (Lipinski definition) is 7. The fraction of sp³-hybridized carbons (Fsp3) is 0.294. The minimum absolute atomic E-state index is 0.128. The van der Waals surface area contributed by atoms with E-state index in [1.165, 1.54) is 0 Å². The van der Waals surface area contributed by atoms with Crippen LogP contribution in [0.5, 0.6) is 0 Å². The van der Waals surface area contributed by atoms with Crippen LogP contribution in [0.25, 0.3) is 0 Å². The predicted octanol–water partition coefficient (Wildman–Crippen LogP) is 0.463. The van der Waals surface area contributed by atoms with Crippen LogP contribution in [0.2, 0.25) is 0 Å². The lowest BCUT2D eigenvalue weighted by atomic mass is 9.90. The zero-order valence-electron chi connectivity index (χ0n) is 13.8. The minimum atomic E-state index is -1.23. The highest BCUT2D eigenvalue weighted by Gasteiger charge is 2.36. The van der Waals surface area contributed by atoms with Gasteiger partial charge in [0.25, 0.3) is 0 Å². The Morgan fingerprint density at radius 3 is 1.36 bits per heavy atom. The third kappa shape index (κ3) is 8.89. The molecule has 0 radical (unpaired) electrons. The van der Waals surface area contributed by atoms with Crippen LogP contribution in [0.3, 0.4) is 0 Å². The van der Waals surface area contributed by atoms with Crippen LogP contribution in [0.1, 0.15) is 0 Å². The first-order valence-corrected chi connectivity index (χ1v) is 7.10. The van der Waals surface area contributed by atoms with Crippen molar-refractivity contribution in [2.24, 2.45) is 5.41 Å². The average molecular weight is 351 g/mol. The molecule has 8 nitrogen and oxygen atoms in total. The number of rotatable bonds is 12. The molecule has 0 rings (SSSR count). The van der Waals surface area contributed by atoms with Gasteiger partial charge in [-0.15, -0.1) is 0 Å². The lowest BCUT2D eigenvalue weighted by molar-refractivity contribution is -0.155. The lowest BCUT2D eigenvalue weighted by Gasteiger charge is -2.31. The SMILES string of the molecule is C=CC(=O)NCC(COC(=O)C=C)(COC(=O)C=C)COC(=O)C=C. The largest absolute Gasteiger partial charge is 0.462 e. The van der Waals surface area contributed by atoms with Gasteiger partial charge in [-0.2, -0.15) is 0 Å². The Labute approximate surface area is 145 Å². The molecule has 0 spiro atoms. The molecule has 8 heteroatoms. The molecule has 0 atom stereocenters. The van der Waals surface area contributed by atoms with Gasteiger partial charge >= 0.3 is 17.9 Å². The van der Waals surface area contributed by atoms with Gasteiger partial charge in [0.2, 0.25) is 5.91 Å². The molecule has 0 aliphatic carbocycles. The van der Waals surface area contributed by atoms with E-state index in [0.717, 1.165) is 24.3 Å². The van der Waals surface area contributed by atoms with E-state index < -0.39 is 29.2 Å². The van der Waals surface area contributed by atoms with E-state index in [1.54, 1.807) is 0 Å². The molecule has 0 fully saturated rings. The molecule has 0 aliphatic heterocycles. The van der Waals surface area contributed by atoms with Gasteiger partial charge in [-0.05, 0) is 6.08 Å². The van der Waals surface area contributed by atoms with Crippen molar-refractivity contribution in [3.63, 3.8) is 0 Å². The summed E-state index contributed by atoms with van der Waals surface area (Å²) >= 11 is 0. The topological polar surface area (TPSA) is 108 Å². The fourth-order valence-corrected chi connectivity index (χ4v) is 1.47. The van der Waals surface area contributed by atoms with Crippen LogP contribution in [-0.2, 0) is 33.4 Å². The zero-order valence-corrected chi connectivity index (χ0v) is 13.8. The maximum absolute atomic E-state index is 11.4. The Bertz CT molecular complexity index is 464. The Morgan fingerprint density at radius 1 is 0.720 bits per heavy atom. The second kappa shape index (κ2) is 11.4. The number of ether oxygens (including phenoxy) is 3. The van der Waals surface area contributed by atoms with E-state index in [0.29, 0.717) is 0 Å². The molecular formula is C17H21NO7. The van der Waals surface area contributed by atoms with Gasteiger partial charge in [0.05, 0.1) is 5.41 Å². The number of hydrogen-bond donors (Lipinski definition) is 1. The molecule has 0 aromatic rings. The number of carbonyl (C=O) groups is 4. The molecule has 0 aromatic carbocycles. The Hall–Kier alpha value is -3.16. The predicted molar refractivity (Wildman–Crippen MR) is 89.1 cm³/mol. The van der Waals surface area contributed by atoms with Crippen molar-refractivity contribution in [3.8, 4) is 0 Å². The Balaban J connectivity index is 5.36. The fourth-order valence-electron chi connectivity index (χ4n) is 1.47. The van der Waals surface area contributed by atoms with E-state index in [4.69, 9.17) is 14.2 Å². The van der Waals surface area contributed by atoms with Crippen LogP contribution in [0.4, 0.5) is 0 Å². The van der Waals surface area contributed by atoms with Gasteiger partial charge in [-0.1, -0.05) is 26.3 Å². The summed E-state index contributed by atoms with van der Waals surface area (Å²) in [5.74, 6) is -2.71. The summed E-state index contributed by atoms with van der Waals surface area (Å²) in [6.45, 7) is 12.0. The van der Waals surface area contributed by atoms with Crippen molar-refractivity contribution in [2.45, 2.75) is 0 Å². The second-order valence-corrected chi connectivity index (χ2v) is 4.86. The molecule has 136 valence electrons. The molecule has 0 saturated heterocycles. The first-order chi connectivity index (χ1) is 11.8. The summed E-state index contributed by atoms with van der Waals surface area (Å²) in [4.78, 5) is 45.5. The maximum atomic E-state index is 11.4. The number of amides is 1. The van der Waals surface area contributed by atoms with Gasteiger partial charge in [0, 0.05) is 24.8 Å². The average Bonchev–Trinajstić information content (AvgIpc) is 2.65. The maximum Gasteiger partial charge on any atom is 0.330 e. The van der Waals surface area contributed by atoms with E-state index in [2.05, 4.69) is 31.6 Å². The van der Waals surface area contributed by atoms with Gasteiger partial charge in [-0.3, -0.25) is 4.79 Å². The summed E-state index contributed by atoms with van der Waals surface area (Å²) in [6.07, 6.45) is 3.86. The number of carbonyl (C=O) groups excluding carboxylic acids is 4. The summed E-state index contributed by atoms with van der Waals surface area (Å²) in [5.41, 5.74) is -1.23. The molecule has 1 amide bonds. The Kier molecular flexibility index (Phi) is 9.95. The van der Waals surface area contributed by atoms with Crippen molar-refractivity contribution in [3.05, 3.63) is 50.6 Å². The molecule has 25 heavy (non-hydrogen) atoms. The van der Waals surface area contributed by atoms with Crippen molar-refractivity contribution < 1.29 is 33.4 Å². The van der Waals surface area contributed by atoms with Crippen LogP contribution < -0.4 is 5.32 Å². The third-order valence-electron chi connectivity index (χ3n) is 2.88. The van der Waals surface area contributed by atoms with Crippen LogP contribution in [0, 0.1) is 5.41 Å². The summed E-state index contributed by atoms with van der Waals surface area (Å²) < 4.78 is 15.0. The number of nitrogens with one attached hydrogen (secondary N) is 1. The van der Waals surface area contributed by atoms with Crippen molar-refractivity contribution in [1.29, 1.82) is 0 Å². The van der Waals surface area contributed by atoms with Crippen LogP contribution in [-0.4, -0.2) is 50.2 Å². The number of esters is 3. The standard InChI is InChI=1S/C17H21NO7/c1-5-13(19)18-9-17(10-23-14(20)6-2,11-24-15(21)7-3)12-25-16(22)8-4/h5-8H,1-4,9-12H2,(H,18,19). The second-order valence-electron chi connectivity index (χ2n) is 4.86. The van der Waals surface area contributed by atoms with Crippen LogP contribution >= 0.6 is 0 Å². The molecule has 1 N–H and O–H groups in total. The Morgan fingerprint density at radius 2 is 1.08 bits per heavy atom. The third-order valence-corrected chi connectivity index (χ3v) is 2.88. The van der Waals surface area contributed by atoms with E-state index >= 15 is 0 Å². The molecule has 0 saturated carbocycles. The van der Waals surface area contributed by atoms with Crippen LogP contribution in [0.15, 0.2) is 50.6 Å². The lowest BCUT2D eigenvalue weighted by Crippen LogP contribution is -2.47. The molecule has 0 unspecified atom stereocenters. The van der Waals surface area contributed by atoms with Gasteiger partial charge < -0.3 is 19.5 Å². The van der Waals surface area contributed by atoms with Gasteiger partial charge in [0.15, 0.2) is 0 Å². The zero-order chi connectivity index (χ0) is 19.3. The van der Waals surface area contributed by atoms with Crippen molar-refractivity contribution in [2.75, 3.05) is 26.4 Å². The highest BCUT2D eigenvalue weighted by molar-refractivity contribution is 5.87. The van der Waals surface area contributed by atoms with E-state index in [1.807, 2.05) is 0 Å². The van der Waals surface area contributed by atoms with E-state index in [9.17, 15) is 19.2 Å². The van der Waals surface area contributed by atoms with E-state index in [-0.39, 0.29) is 26.4 Å². The van der Waals surface area contributed by atoms with Crippen molar-refractivity contribution >= 4 is 23.8 Å².